The summed E-state index contributed by atoms with van der Waals surface area (Å²) in [5.41, 5.74) is 3.16. The number of ether oxygens (including phenoxy) is 1. The van der Waals surface area contributed by atoms with E-state index in [4.69, 9.17) is 9.73 Å². The van der Waals surface area contributed by atoms with Crippen molar-refractivity contribution < 1.29 is 4.74 Å². The SMILES string of the molecule is CCNC(=NCc1ccccc1-n1ccc(C)n1)NC1CCc2nc(COC)nn2C1.I. The average Bonchev–Trinajstić information content (AvgIpc) is 3.38. The molecule has 0 radical (unpaired) electrons. The highest BCUT2D eigenvalue weighted by Crippen LogP contribution is 2.16. The molecule has 0 aliphatic carbocycles. The van der Waals surface area contributed by atoms with Gasteiger partial charge in [-0.05, 0) is 38.0 Å². The fraction of sp³-hybridized carbons (Fsp3) is 0.455. The topological polar surface area (TPSA) is 94.2 Å². The van der Waals surface area contributed by atoms with E-state index in [0.29, 0.717) is 13.2 Å². The molecule has 1 aliphatic rings. The van der Waals surface area contributed by atoms with Crippen molar-refractivity contribution in [3.63, 3.8) is 0 Å². The lowest BCUT2D eigenvalue weighted by Gasteiger charge is -2.25. The number of guanidine groups is 1. The second-order valence-electron chi connectivity index (χ2n) is 7.66. The maximum absolute atomic E-state index is 5.16. The third-order valence-corrected chi connectivity index (χ3v) is 5.23. The monoisotopic (exact) mass is 550 g/mol. The summed E-state index contributed by atoms with van der Waals surface area (Å²) in [7, 11) is 1.66. The quantitative estimate of drug-likeness (QED) is 0.267. The van der Waals surface area contributed by atoms with E-state index in [1.54, 1.807) is 7.11 Å². The Bertz CT molecular complexity index is 1040. The maximum atomic E-state index is 5.16. The van der Waals surface area contributed by atoms with Crippen LogP contribution in [-0.4, -0.2) is 50.2 Å². The average molecular weight is 550 g/mol. The van der Waals surface area contributed by atoms with E-state index in [1.807, 2.05) is 40.7 Å². The smallest absolute Gasteiger partial charge is 0.191 e. The number of halogens is 1. The lowest BCUT2D eigenvalue weighted by atomic mass is 10.1. The van der Waals surface area contributed by atoms with Crippen molar-refractivity contribution in [3.05, 3.63) is 59.4 Å². The second-order valence-corrected chi connectivity index (χ2v) is 7.66. The van der Waals surface area contributed by atoms with Crippen molar-refractivity contribution in [1.29, 1.82) is 0 Å². The number of aliphatic imine (C=N–C) groups is 1. The minimum atomic E-state index is 0. The van der Waals surface area contributed by atoms with Gasteiger partial charge < -0.3 is 15.4 Å². The van der Waals surface area contributed by atoms with Gasteiger partial charge in [0, 0.05) is 32.3 Å². The van der Waals surface area contributed by atoms with Gasteiger partial charge >= 0.3 is 0 Å². The van der Waals surface area contributed by atoms with Gasteiger partial charge in [0.1, 0.15) is 12.4 Å². The molecule has 4 rings (SSSR count). The Morgan fingerprint density at radius 1 is 1.25 bits per heavy atom. The normalized spacial score (nSPS) is 15.7. The molecule has 0 saturated heterocycles. The molecule has 0 amide bonds. The van der Waals surface area contributed by atoms with Crippen LogP contribution in [0.4, 0.5) is 0 Å². The standard InChI is InChI=1S/C22H30N8O.HI/c1-4-23-22(25-18-9-10-21-26-20(15-31-3)28-30(21)14-18)24-13-17-7-5-6-8-19(17)29-12-11-16(2)27-29;/h5-8,11-12,18H,4,9-10,13-15H2,1-3H3,(H2,23,24,25);1H. The van der Waals surface area contributed by atoms with Gasteiger partial charge in [0.15, 0.2) is 11.8 Å². The number of hydrogen-bond donors (Lipinski definition) is 2. The first-order chi connectivity index (χ1) is 15.2. The zero-order valence-corrected chi connectivity index (χ0v) is 21.1. The van der Waals surface area contributed by atoms with Crippen molar-refractivity contribution >= 4 is 29.9 Å². The molecular formula is C22H31IN8O. The van der Waals surface area contributed by atoms with Gasteiger partial charge in [-0.3, -0.25) is 0 Å². The van der Waals surface area contributed by atoms with Gasteiger partial charge in [0.2, 0.25) is 0 Å². The van der Waals surface area contributed by atoms with E-state index in [9.17, 15) is 0 Å². The summed E-state index contributed by atoms with van der Waals surface area (Å²) in [5.74, 6) is 2.57. The fourth-order valence-corrected chi connectivity index (χ4v) is 3.76. The van der Waals surface area contributed by atoms with Crippen molar-refractivity contribution in [1.82, 2.24) is 35.2 Å². The highest BCUT2D eigenvalue weighted by Gasteiger charge is 2.22. The van der Waals surface area contributed by atoms with E-state index >= 15 is 0 Å². The molecule has 0 fully saturated rings. The summed E-state index contributed by atoms with van der Waals surface area (Å²) in [4.78, 5) is 9.40. The summed E-state index contributed by atoms with van der Waals surface area (Å²) >= 11 is 0. The number of nitrogens with one attached hydrogen (secondary N) is 2. The van der Waals surface area contributed by atoms with Crippen LogP contribution < -0.4 is 10.6 Å². The van der Waals surface area contributed by atoms with Gasteiger partial charge in [0.05, 0.1) is 24.5 Å². The Hall–Kier alpha value is -2.47. The Kier molecular flexibility index (Phi) is 8.62. The molecule has 1 unspecified atom stereocenters. The summed E-state index contributed by atoms with van der Waals surface area (Å²) in [6, 6.07) is 10.5. The lowest BCUT2D eigenvalue weighted by molar-refractivity contribution is 0.177. The zero-order valence-electron chi connectivity index (χ0n) is 18.8. The molecule has 1 aliphatic heterocycles. The van der Waals surface area contributed by atoms with Gasteiger partial charge in [-0.25, -0.2) is 19.3 Å². The van der Waals surface area contributed by atoms with Crippen LogP contribution in [0.3, 0.4) is 0 Å². The van der Waals surface area contributed by atoms with Gasteiger partial charge in [-0.15, -0.1) is 24.0 Å². The summed E-state index contributed by atoms with van der Waals surface area (Å²) in [5, 5.41) is 16.0. The molecule has 0 saturated carbocycles. The van der Waals surface area contributed by atoms with Crippen LogP contribution in [0.15, 0.2) is 41.5 Å². The predicted molar refractivity (Wildman–Crippen MR) is 135 cm³/mol. The van der Waals surface area contributed by atoms with E-state index in [-0.39, 0.29) is 30.0 Å². The molecule has 32 heavy (non-hydrogen) atoms. The first-order valence-corrected chi connectivity index (χ1v) is 10.7. The van der Waals surface area contributed by atoms with Crippen molar-refractivity contribution in [2.45, 2.75) is 52.4 Å². The van der Waals surface area contributed by atoms with Crippen LogP contribution in [0.1, 0.15) is 36.3 Å². The van der Waals surface area contributed by atoms with Gasteiger partial charge in [0.25, 0.3) is 0 Å². The number of aryl methyl sites for hydroxylation is 2. The molecule has 1 atom stereocenters. The molecule has 9 nitrogen and oxygen atoms in total. The molecular weight excluding hydrogens is 519 g/mol. The molecule has 172 valence electrons. The fourth-order valence-electron chi connectivity index (χ4n) is 3.76. The zero-order chi connectivity index (χ0) is 21.6. The number of rotatable bonds is 7. The molecule has 1 aromatic carbocycles. The van der Waals surface area contributed by atoms with Crippen LogP contribution in [-0.2, 0) is 30.9 Å². The summed E-state index contributed by atoms with van der Waals surface area (Å²) in [6.07, 6.45) is 3.85. The highest BCUT2D eigenvalue weighted by atomic mass is 127. The molecule has 2 aromatic heterocycles. The first-order valence-electron chi connectivity index (χ1n) is 10.7. The number of aromatic nitrogens is 5. The number of hydrogen-bond acceptors (Lipinski definition) is 5. The Morgan fingerprint density at radius 3 is 2.84 bits per heavy atom. The number of benzene rings is 1. The molecule has 0 spiro atoms. The number of para-hydroxylation sites is 1. The van der Waals surface area contributed by atoms with Gasteiger partial charge in [-0.1, -0.05) is 18.2 Å². The van der Waals surface area contributed by atoms with Crippen LogP contribution >= 0.6 is 24.0 Å². The Morgan fingerprint density at radius 2 is 2.09 bits per heavy atom. The van der Waals surface area contributed by atoms with Gasteiger partial charge in [-0.2, -0.15) is 10.2 Å². The van der Waals surface area contributed by atoms with E-state index in [2.05, 4.69) is 44.9 Å². The van der Waals surface area contributed by atoms with E-state index in [0.717, 1.165) is 60.5 Å². The van der Waals surface area contributed by atoms with Crippen molar-refractivity contribution in [2.75, 3.05) is 13.7 Å². The van der Waals surface area contributed by atoms with Crippen molar-refractivity contribution in [2.24, 2.45) is 4.99 Å². The number of fused-ring (bicyclic) bond motifs is 1. The van der Waals surface area contributed by atoms with E-state index < -0.39 is 0 Å². The minimum Gasteiger partial charge on any atom is -0.377 e. The molecule has 10 heteroatoms. The highest BCUT2D eigenvalue weighted by molar-refractivity contribution is 14.0. The predicted octanol–water partition coefficient (Wildman–Crippen LogP) is 2.61. The minimum absolute atomic E-state index is 0. The molecule has 3 aromatic rings. The second kappa shape index (κ2) is 11.4. The number of nitrogens with zero attached hydrogens (tertiary/aromatic N) is 6. The Labute approximate surface area is 205 Å². The first kappa shape index (κ1) is 24.2. The largest absolute Gasteiger partial charge is 0.377 e. The van der Waals surface area contributed by atoms with Crippen LogP contribution in [0.2, 0.25) is 0 Å². The van der Waals surface area contributed by atoms with E-state index in [1.165, 1.54) is 0 Å². The third kappa shape index (κ3) is 5.85. The van der Waals surface area contributed by atoms with Crippen molar-refractivity contribution in [3.8, 4) is 5.69 Å². The summed E-state index contributed by atoms with van der Waals surface area (Å²) in [6.45, 7) is 6.63. The molecule has 2 N–H and O–H groups in total. The van der Waals surface area contributed by atoms with Crippen LogP contribution in [0.25, 0.3) is 5.69 Å². The van der Waals surface area contributed by atoms with Crippen LogP contribution in [0, 0.1) is 6.92 Å². The molecule has 3 heterocycles. The van der Waals surface area contributed by atoms with Crippen LogP contribution in [0.5, 0.6) is 0 Å². The Balaban J connectivity index is 0.00000289. The summed E-state index contributed by atoms with van der Waals surface area (Å²) < 4.78 is 9.05. The third-order valence-electron chi connectivity index (χ3n) is 5.23. The lowest BCUT2D eigenvalue weighted by Crippen LogP contribution is -2.47. The molecule has 0 bridgehead atoms. The maximum Gasteiger partial charge on any atom is 0.191 e. The number of methoxy groups -OCH3 is 1.